The third-order valence-electron chi connectivity index (χ3n) is 9.46. The normalized spacial score (nSPS) is 16.9. The fraction of sp³-hybridized carbons (Fsp3) is 0.0750. The smallest absolute Gasteiger partial charge is 0.138 e. The van der Waals surface area contributed by atoms with Crippen LogP contribution in [0.25, 0.3) is 68.4 Å². The fourth-order valence-electron chi connectivity index (χ4n) is 7.66. The topological polar surface area (TPSA) is 17.3 Å². The maximum atomic E-state index is 5.79. The zero-order valence-corrected chi connectivity index (χ0v) is 25.7. The fourth-order valence-corrected chi connectivity index (χ4v) is 10.1. The SMILES string of the molecule is CC1(n2c3ccccc3c3c4ccccc4c4sc5ccccc5c4c32)CC(c2ccccc2)=c2sc3ccccc3c2=N1. The van der Waals surface area contributed by atoms with E-state index in [9.17, 15) is 0 Å². The summed E-state index contributed by atoms with van der Waals surface area (Å²) in [5.74, 6) is 0. The predicted molar refractivity (Wildman–Crippen MR) is 190 cm³/mol. The van der Waals surface area contributed by atoms with Crippen molar-refractivity contribution in [2.75, 3.05) is 0 Å². The summed E-state index contributed by atoms with van der Waals surface area (Å²) in [5.41, 5.74) is 4.62. The highest BCUT2D eigenvalue weighted by atomic mass is 32.1. The van der Waals surface area contributed by atoms with Crippen LogP contribution in [0.1, 0.15) is 18.9 Å². The van der Waals surface area contributed by atoms with Gasteiger partial charge >= 0.3 is 0 Å². The number of nitrogens with zero attached hydrogens (tertiary/aromatic N) is 2. The van der Waals surface area contributed by atoms with Crippen LogP contribution in [-0.2, 0) is 5.66 Å². The van der Waals surface area contributed by atoms with Gasteiger partial charge in [-0.15, -0.1) is 22.7 Å². The van der Waals surface area contributed by atoms with Crippen LogP contribution in [-0.4, -0.2) is 4.57 Å². The lowest BCUT2D eigenvalue weighted by Crippen LogP contribution is -2.39. The zero-order chi connectivity index (χ0) is 29.0. The first kappa shape index (κ1) is 24.6. The molecule has 3 aromatic heterocycles. The van der Waals surface area contributed by atoms with Gasteiger partial charge in [0.25, 0.3) is 0 Å². The van der Waals surface area contributed by atoms with Gasteiger partial charge in [-0.05, 0) is 41.6 Å². The Balaban J connectivity index is 1.44. The molecule has 1 aliphatic heterocycles. The van der Waals surface area contributed by atoms with E-state index in [1.54, 1.807) is 0 Å². The minimum absolute atomic E-state index is 0.554. The predicted octanol–water partition coefficient (Wildman–Crippen LogP) is 10.1. The average molecular weight is 599 g/mol. The molecule has 4 heterocycles. The Morgan fingerprint density at radius 1 is 0.591 bits per heavy atom. The number of benzene rings is 6. The van der Waals surface area contributed by atoms with E-state index in [1.807, 2.05) is 22.7 Å². The monoisotopic (exact) mass is 598 g/mol. The van der Waals surface area contributed by atoms with Crippen LogP contribution in [0.15, 0.2) is 132 Å². The van der Waals surface area contributed by atoms with E-state index in [2.05, 4.69) is 139 Å². The quantitative estimate of drug-likeness (QED) is 0.188. The van der Waals surface area contributed by atoms with Crippen molar-refractivity contribution in [3.05, 3.63) is 143 Å². The van der Waals surface area contributed by atoms with Gasteiger partial charge in [-0.2, -0.15) is 0 Å². The van der Waals surface area contributed by atoms with E-state index >= 15 is 0 Å². The first-order chi connectivity index (χ1) is 21.7. The minimum atomic E-state index is -0.554. The molecule has 9 aromatic rings. The van der Waals surface area contributed by atoms with Crippen molar-refractivity contribution in [3.8, 4) is 0 Å². The Labute approximate surface area is 261 Å². The molecule has 1 aliphatic rings. The summed E-state index contributed by atoms with van der Waals surface area (Å²) < 4.78 is 7.87. The third-order valence-corrected chi connectivity index (χ3v) is 11.9. The highest BCUT2D eigenvalue weighted by molar-refractivity contribution is 7.27. The van der Waals surface area contributed by atoms with Gasteiger partial charge in [0, 0.05) is 52.8 Å². The van der Waals surface area contributed by atoms with E-state index in [0.717, 1.165) is 11.8 Å². The number of fused-ring (bicyclic) bond motifs is 13. The second kappa shape index (κ2) is 8.88. The Kier molecular flexibility index (Phi) is 4.98. The molecule has 2 nitrogen and oxygen atoms in total. The van der Waals surface area contributed by atoms with Crippen molar-refractivity contribution in [2.24, 2.45) is 4.99 Å². The Morgan fingerprint density at radius 3 is 2.00 bits per heavy atom. The molecular formula is C40H26N2S2. The summed E-state index contributed by atoms with van der Waals surface area (Å²) in [5, 5.41) is 10.3. The summed E-state index contributed by atoms with van der Waals surface area (Å²) in [6.07, 6.45) is 0.807. The van der Waals surface area contributed by atoms with Crippen molar-refractivity contribution in [2.45, 2.75) is 19.0 Å². The number of rotatable bonds is 2. The first-order valence-corrected chi connectivity index (χ1v) is 16.7. The number of hydrogen-bond donors (Lipinski definition) is 0. The van der Waals surface area contributed by atoms with Crippen molar-refractivity contribution in [3.63, 3.8) is 0 Å². The summed E-state index contributed by atoms with van der Waals surface area (Å²) in [4.78, 5) is 5.79. The molecule has 6 aromatic carbocycles. The van der Waals surface area contributed by atoms with Crippen LogP contribution < -0.4 is 9.89 Å². The molecule has 1 atom stereocenters. The zero-order valence-electron chi connectivity index (χ0n) is 24.0. The maximum Gasteiger partial charge on any atom is 0.138 e. The van der Waals surface area contributed by atoms with Crippen molar-refractivity contribution in [1.82, 2.24) is 4.57 Å². The Morgan fingerprint density at radius 2 is 1.20 bits per heavy atom. The van der Waals surface area contributed by atoms with E-state index < -0.39 is 5.66 Å². The van der Waals surface area contributed by atoms with E-state index in [4.69, 9.17) is 4.99 Å². The molecular weight excluding hydrogens is 573 g/mol. The standard InChI is InChI=1S/C40H26N2S2/c1-40(23-30(24-13-3-2-4-14-24)39-36(41-40)29-19-9-12-22-33(29)44-39)42-31-20-10-7-17-27(31)34-25-15-5-6-16-26(25)38-35(37(34)42)28-18-8-11-21-32(28)43-38/h2-22H,23H2,1H3. The molecule has 0 radical (unpaired) electrons. The van der Waals surface area contributed by atoms with Gasteiger partial charge in [0.05, 0.1) is 20.9 Å². The van der Waals surface area contributed by atoms with E-state index in [0.29, 0.717) is 0 Å². The first-order valence-electron chi connectivity index (χ1n) is 15.1. The largest absolute Gasteiger partial charge is 0.314 e. The Hall–Kier alpha value is -4.77. The molecule has 0 spiro atoms. The van der Waals surface area contributed by atoms with Gasteiger partial charge in [0.2, 0.25) is 0 Å². The van der Waals surface area contributed by atoms with Crippen LogP contribution in [0.5, 0.6) is 0 Å². The summed E-state index contributed by atoms with van der Waals surface area (Å²) >= 11 is 3.79. The van der Waals surface area contributed by atoms with Crippen molar-refractivity contribution >= 4 is 91.1 Å². The molecule has 4 heteroatoms. The second-order valence-electron chi connectivity index (χ2n) is 12.1. The second-order valence-corrected chi connectivity index (χ2v) is 14.2. The molecule has 0 saturated heterocycles. The number of para-hydroxylation sites is 1. The van der Waals surface area contributed by atoms with Gasteiger partial charge < -0.3 is 4.57 Å². The lowest BCUT2D eigenvalue weighted by Gasteiger charge is -2.33. The lowest BCUT2D eigenvalue weighted by molar-refractivity contribution is 0.352. The molecule has 208 valence electrons. The van der Waals surface area contributed by atoms with E-state index in [-0.39, 0.29) is 0 Å². The highest BCUT2D eigenvalue weighted by Crippen LogP contribution is 2.49. The molecule has 1 unspecified atom stereocenters. The average Bonchev–Trinajstić information content (AvgIpc) is 3.75. The van der Waals surface area contributed by atoms with Gasteiger partial charge in [0.1, 0.15) is 5.66 Å². The van der Waals surface area contributed by atoms with Crippen molar-refractivity contribution < 1.29 is 0 Å². The summed E-state index contributed by atoms with van der Waals surface area (Å²) in [6.45, 7) is 2.35. The van der Waals surface area contributed by atoms with E-state index in [1.165, 1.54) is 78.5 Å². The van der Waals surface area contributed by atoms with Crippen LogP contribution in [0, 0.1) is 0 Å². The lowest BCUT2D eigenvalue weighted by atomic mass is 9.92. The molecule has 0 N–H and O–H groups in total. The highest BCUT2D eigenvalue weighted by Gasteiger charge is 2.36. The Bertz CT molecular complexity index is 2760. The molecule has 44 heavy (non-hydrogen) atoms. The van der Waals surface area contributed by atoms with Crippen LogP contribution in [0.4, 0.5) is 0 Å². The maximum absolute atomic E-state index is 5.79. The number of aromatic nitrogens is 1. The van der Waals surface area contributed by atoms with Crippen LogP contribution >= 0.6 is 22.7 Å². The molecule has 0 fully saturated rings. The number of hydrogen-bond acceptors (Lipinski definition) is 3. The van der Waals surface area contributed by atoms with Gasteiger partial charge in [-0.1, -0.05) is 109 Å². The van der Waals surface area contributed by atoms with Crippen molar-refractivity contribution in [1.29, 1.82) is 0 Å². The molecule has 0 saturated carbocycles. The third kappa shape index (κ3) is 3.22. The minimum Gasteiger partial charge on any atom is -0.314 e. The molecule has 10 rings (SSSR count). The van der Waals surface area contributed by atoms with Gasteiger partial charge in [0.15, 0.2) is 0 Å². The van der Waals surface area contributed by atoms with Gasteiger partial charge in [-0.3, -0.25) is 4.99 Å². The molecule has 0 bridgehead atoms. The molecule has 0 aliphatic carbocycles. The van der Waals surface area contributed by atoms with Crippen LogP contribution in [0.2, 0.25) is 0 Å². The molecule has 0 amide bonds. The summed E-state index contributed by atoms with van der Waals surface area (Å²) in [6, 6.07) is 46.6. The van der Waals surface area contributed by atoms with Crippen LogP contribution in [0.3, 0.4) is 0 Å². The number of thiophene rings is 2. The van der Waals surface area contributed by atoms with Gasteiger partial charge in [-0.25, -0.2) is 0 Å². The summed E-state index contributed by atoms with van der Waals surface area (Å²) in [7, 11) is 0.